The lowest BCUT2D eigenvalue weighted by molar-refractivity contribution is 0.281. The molecule has 3 heteroatoms. The van der Waals surface area contributed by atoms with Gasteiger partial charge in [-0.25, -0.2) is 0 Å². The summed E-state index contributed by atoms with van der Waals surface area (Å²) in [6.45, 7) is 2.21. The summed E-state index contributed by atoms with van der Waals surface area (Å²) >= 11 is 3.49. The maximum absolute atomic E-state index is 9.23. The molecule has 0 unspecified atom stereocenters. The van der Waals surface area contributed by atoms with Crippen molar-refractivity contribution in [2.45, 2.75) is 18.4 Å². The minimum atomic E-state index is 0.132. The van der Waals surface area contributed by atoms with Gasteiger partial charge in [0.1, 0.15) is 0 Å². The predicted octanol–water partition coefficient (Wildman–Crippen LogP) is 3.42. The first-order valence-corrected chi connectivity index (χ1v) is 6.53. The van der Waals surface area contributed by atoms with Gasteiger partial charge in [0.25, 0.3) is 0 Å². The van der Waals surface area contributed by atoms with E-state index in [-0.39, 0.29) is 6.61 Å². The fourth-order valence-electron chi connectivity index (χ4n) is 1.62. The van der Waals surface area contributed by atoms with Crippen LogP contribution < -0.4 is 0 Å². The van der Waals surface area contributed by atoms with Gasteiger partial charge in [-0.05, 0) is 41.8 Å². The monoisotopic (exact) mass is 224 g/mol. The molecule has 0 fully saturated rings. The van der Waals surface area contributed by atoms with Crippen LogP contribution in [0.4, 0.5) is 0 Å². The molecule has 74 valence electrons. The molecule has 2 rings (SSSR count). The number of benzene rings is 1. The van der Waals surface area contributed by atoms with Crippen molar-refractivity contribution in [1.29, 1.82) is 0 Å². The molecule has 0 bridgehead atoms. The van der Waals surface area contributed by atoms with Crippen molar-refractivity contribution in [3.05, 3.63) is 28.6 Å². The van der Waals surface area contributed by atoms with Crippen LogP contribution in [0.1, 0.15) is 11.1 Å². The standard InChI is InChI=1S/C11H12OS2/c1-7-8(6-12)5-10(13-2)9-3-4-14-11(7)9/h3-5,12H,6H2,1-2H3. The zero-order chi connectivity index (χ0) is 10.1. The molecule has 1 aromatic heterocycles. The molecule has 0 radical (unpaired) electrons. The molecule has 0 atom stereocenters. The number of fused-ring (bicyclic) bond motifs is 1. The molecule has 0 aliphatic carbocycles. The van der Waals surface area contributed by atoms with Crippen molar-refractivity contribution in [3.8, 4) is 0 Å². The molecule has 0 saturated heterocycles. The first kappa shape index (κ1) is 10.0. The molecule has 14 heavy (non-hydrogen) atoms. The van der Waals surface area contributed by atoms with Crippen LogP contribution >= 0.6 is 23.1 Å². The molecule has 1 heterocycles. The van der Waals surface area contributed by atoms with E-state index in [1.165, 1.54) is 20.5 Å². The highest BCUT2D eigenvalue weighted by Gasteiger charge is 2.08. The summed E-state index contributed by atoms with van der Waals surface area (Å²) in [6, 6.07) is 4.25. The number of hydrogen-bond acceptors (Lipinski definition) is 3. The average molecular weight is 224 g/mol. The summed E-state index contributed by atoms with van der Waals surface area (Å²) in [5, 5.41) is 12.7. The maximum Gasteiger partial charge on any atom is 0.0685 e. The van der Waals surface area contributed by atoms with Crippen molar-refractivity contribution in [2.24, 2.45) is 0 Å². The molecular weight excluding hydrogens is 212 g/mol. The SMILES string of the molecule is CSc1cc(CO)c(C)c2sccc12. The topological polar surface area (TPSA) is 20.2 Å². The Hall–Kier alpha value is -0.510. The quantitative estimate of drug-likeness (QED) is 0.789. The van der Waals surface area contributed by atoms with Crippen molar-refractivity contribution in [2.75, 3.05) is 6.26 Å². The third-order valence-corrected chi connectivity index (χ3v) is 4.26. The van der Waals surface area contributed by atoms with Crippen LogP contribution in [0, 0.1) is 6.92 Å². The third kappa shape index (κ3) is 1.45. The summed E-state index contributed by atoms with van der Waals surface area (Å²) < 4.78 is 1.31. The molecule has 0 amide bonds. The molecule has 0 saturated carbocycles. The molecule has 1 aromatic carbocycles. The van der Waals surface area contributed by atoms with E-state index in [1.54, 1.807) is 23.1 Å². The summed E-state index contributed by atoms with van der Waals surface area (Å²) in [4.78, 5) is 1.26. The van der Waals surface area contributed by atoms with E-state index in [9.17, 15) is 5.11 Å². The second kappa shape index (κ2) is 3.93. The van der Waals surface area contributed by atoms with Gasteiger partial charge in [-0.3, -0.25) is 0 Å². The lowest BCUT2D eigenvalue weighted by Crippen LogP contribution is -1.89. The second-order valence-corrected chi connectivity index (χ2v) is 4.95. The number of rotatable bonds is 2. The van der Waals surface area contributed by atoms with Gasteiger partial charge in [-0.2, -0.15) is 0 Å². The smallest absolute Gasteiger partial charge is 0.0685 e. The van der Waals surface area contributed by atoms with Crippen LogP contribution in [0.3, 0.4) is 0 Å². The van der Waals surface area contributed by atoms with Crippen LogP contribution in [0.15, 0.2) is 22.4 Å². The van der Waals surface area contributed by atoms with Crippen LogP contribution in [-0.2, 0) is 6.61 Å². The van der Waals surface area contributed by atoms with E-state index in [0.717, 1.165) is 5.56 Å². The van der Waals surface area contributed by atoms with Crippen molar-refractivity contribution >= 4 is 33.2 Å². The highest BCUT2D eigenvalue weighted by atomic mass is 32.2. The van der Waals surface area contributed by atoms with E-state index < -0.39 is 0 Å². The molecule has 0 spiro atoms. The molecule has 0 aliphatic heterocycles. The number of thioether (sulfide) groups is 1. The van der Waals surface area contributed by atoms with Gasteiger partial charge in [-0.1, -0.05) is 0 Å². The Kier molecular flexibility index (Phi) is 2.81. The molecule has 0 aliphatic rings. The highest BCUT2D eigenvalue weighted by molar-refractivity contribution is 7.98. The summed E-state index contributed by atoms with van der Waals surface area (Å²) in [5.41, 5.74) is 2.26. The first-order chi connectivity index (χ1) is 6.77. The van der Waals surface area contributed by atoms with E-state index in [0.29, 0.717) is 0 Å². The van der Waals surface area contributed by atoms with Gasteiger partial charge in [0.15, 0.2) is 0 Å². The molecular formula is C11H12OS2. The van der Waals surface area contributed by atoms with Crippen LogP contribution in [-0.4, -0.2) is 11.4 Å². The number of aliphatic hydroxyl groups excluding tert-OH is 1. The van der Waals surface area contributed by atoms with E-state index in [1.807, 2.05) is 0 Å². The summed E-state index contributed by atoms with van der Waals surface area (Å²) in [7, 11) is 0. The average Bonchev–Trinajstić information content (AvgIpc) is 2.68. The van der Waals surface area contributed by atoms with Gasteiger partial charge < -0.3 is 5.11 Å². The van der Waals surface area contributed by atoms with Gasteiger partial charge in [0.2, 0.25) is 0 Å². The Morgan fingerprint density at radius 1 is 1.50 bits per heavy atom. The molecule has 2 aromatic rings. The number of aryl methyl sites for hydroxylation is 1. The Morgan fingerprint density at radius 3 is 2.93 bits per heavy atom. The van der Waals surface area contributed by atoms with Gasteiger partial charge in [-0.15, -0.1) is 23.1 Å². The van der Waals surface area contributed by atoms with Gasteiger partial charge >= 0.3 is 0 Å². The van der Waals surface area contributed by atoms with E-state index in [4.69, 9.17) is 0 Å². The van der Waals surface area contributed by atoms with Gasteiger partial charge in [0.05, 0.1) is 6.61 Å². The van der Waals surface area contributed by atoms with Crippen LogP contribution in [0.25, 0.3) is 10.1 Å². The van der Waals surface area contributed by atoms with E-state index in [2.05, 4.69) is 30.7 Å². The first-order valence-electron chi connectivity index (χ1n) is 4.42. The van der Waals surface area contributed by atoms with Crippen molar-refractivity contribution in [1.82, 2.24) is 0 Å². The number of aliphatic hydroxyl groups is 1. The summed E-state index contributed by atoms with van der Waals surface area (Å²) in [5.74, 6) is 0. The molecule has 1 nitrogen and oxygen atoms in total. The normalized spacial score (nSPS) is 11.1. The number of hydrogen-bond donors (Lipinski definition) is 1. The zero-order valence-corrected chi connectivity index (χ0v) is 9.84. The zero-order valence-electron chi connectivity index (χ0n) is 8.20. The lowest BCUT2D eigenvalue weighted by atomic mass is 10.1. The fourth-order valence-corrected chi connectivity index (χ4v) is 3.28. The van der Waals surface area contributed by atoms with Gasteiger partial charge in [0, 0.05) is 15.0 Å². The Labute approximate surface area is 91.8 Å². The minimum Gasteiger partial charge on any atom is -0.392 e. The van der Waals surface area contributed by atoms with Crippen molar-refractivity contribution in [3.63, 3.8) is 0 Å². The Bertz CT molecular complexity index is 460. The predicted molar refractivity (Wildman–Crippen MR) is 64.3 cm³/mol. The largest absolute Gasteiger partial charge is 0.392 e. The highest BCUT2D eigenvalue weighted by Crippen LogP contribution is 2.34. The lowest BCUT2D eigenvalue weighted by Gasteiger charge is -2.07. The maximum atomic E-state index is 9.23. The van der Waals surface area contributed by atoms with E-state index >= 15 is 0 Å². The van der Waals surface area contributed by atoms with Crippen molar-refractivity contribution < 1.29 is 5.11 Å². The fraction of sp³-hybridized carbons (Fsp3) is 0.273. The van der Waals surface area contributed by atoms with Crippen LogP contribution in [0.2, 0.25) is 0 Å². The van der Waals surface area contributed by atoms with Crippen LogP contribution in [0.5, 0.6) is 0 Å². The minimum absolute atomic E-state index is 0.132. The second-order valence-electron chi connectivity index (χ2n) is 3.18. The third-order valence-electron chi connectivity index (χ3n) is 2.45. The Balaban J connectivity index is 2.80. The summed E-state index contributed by atoms with van der Waals surface area (Å²) in [6.07, 6.45) is 2.07. The Morgan fingerprint density at radius 2 is 2.29 bits per heavy atom. The molecule has 1 N–H and O–H groups in total. The number of thiophene rings is 1.